The first-order valence-corrected chi connectivity index (χ1v) is 8.67. The largest absolute Gasteiger partial charge is 0.454 e. The first-order valence-electron chi connectivity index (χ1n) is 8.67. The third-order valence-corrected chi connectivity index (χ3v) is 4.24. The zero-order chi connectivity index (χ0) is 17.5. The van der Waals surface area contributed by atoms with Crippen LogP contribution in [-0.4, -0.2) is 48.5 Å². The average Bonchev–Trinajstić information content (AvgIpc) is 3.02. The number of primary amides is 1. The Morgan fingerprint density at radius 3 is 2.67 bits per heavy atom. The van der Waals surface area contributed by atoms with Crippen molar-refractivity contribution in [2.75, 3.05) is 19.6 Å². The zero-order valence-corrected chi connectivity index (χ0v) is 14.8. The van der Waals surface area contributed by atoms with Crippen LogP contribution in [0.5, 0.6) is 0 Å². The van der Waals surface area contributed by atoms with Gasteiger partial charge in [0.15, 0.2) is 11.7 Å². The summed E-state index contributed by atoms with van der Waals surface area (Å²) in [6.45, 7) is 9.89. The van der Waals surface area contributed by atoms with E-state index < -0.39 is 5.91 Å². The number of guanidine groups is 1. The van der Waals surface area contributed by atoms with Gasteiger partial charge < -0.3 is 25.7 Å². The molecular formula is C17H29N5O2. The van der Waals surface area contributed by atoms with E-state index in [0.29, 0.717) is 24.4 Å². The van der Waals surface area contributed by atoms with Gasteiger partial charge in [-0.05, 0) is 45.7 Å². The number of nitrogens with one attached hydrogen (secondary N) is 2. The fourth-order valence-electron chi connectivity index (χ4n) is 2.83. The summed E-state index contributed by atoms with van der Waals surface area (Å²) < 4.78 is 5.36. The Labute approximate surface area is 143 Å². The van der Waals surface area contributed by atoms with Crippen LogP contribution in [0.1, 0.15) is 49.9 Å². The van der Waals surface area contributed by atoms with Crippen molar-refractivity contribution < 1.29 is 9.21 Å². The molecule has 0 radical (unpaired) electrons. The minimum atomic E-state index is -0.563. The third kappa shape index (κ3) is 5.26. The van der Waals surface area contributed by atoms with Crippen molar-refractivity contribution >= 4 is 11.9 Å². The maximum atomic E-state index is 11.1. The number of hydrogen-bond acceptors (Lipinski definition) is 4. The van der Waals surface area contributed by atoms with E-state index in [4.69, 9.17) is 10.2 Å². The molecule has 134 valence electrons. The lowest BCUT2D eigenvalue weighted by molar-refractivity contribution is 0.0972. The van der Waals surface area contributed by atoms with Gasteiger partial charge >= 0.3 is 0 Å². The molecule has 2 rings (SSSR count). The Kier molecular flexibility index (Phi) is 6.66. The molecule has 1 amide bonds. The first kappa shape index (κ1) is 18.3. The molecule has 0 aliphatic carbocycles. The summed E-state index contributed by atoms with van der Waals surface area (Å²) in [7, 11) is 0. The van der Waals surface area contributed by atoms with Gasteiger partial charge in [-0.25, -0.2) is 4.99 Å². The lowest BCUT2D eigenvalue weighted by Gasteiger charge is -2.35. The maximum Gasteiger partial charge on any atom is 0.284 e. The molecule has 1 aliphatic rings. The van der Waals surface area contributed by atoms with E-state index in [-0.39, 0.29) is 5.76 Å². The summed E-state index contributed by atoms with van der Waals surface area (Å²) in [5.41, 5.74) is 5.19. The average molecular weight is 335 g/mol. The van der Waals surface area contributed by atoms with Crippen molar-refractivity contribution in [2.24, 2.45) is 10.7 Å². The van der Waals surface area contributed by atoms with Gasteiger partial charge in [0.25, 0.3) is 5.91 Å². The topological polar surface area (TPSA) is 95.9 Å². The third-order valence-electron chi connectivity index (χ3n) is 4.24. The minimum Gasteiger partial charge on any atom is -0.454 e. The van der Waals surface area contributed by atoms with Crippen molar-refractivity contribution in [1.82, 2.24) is 15.5 Å². The van der Waals surface area contributed by atoms with Crippen LogP contribution in [0.2, 0.25) is 0 Å². The summed E-state index contributed by atoms with van der Waals surface area (Å²) in [6, 6.07) is 4.34. The first-order chi connectivity index (χ1) is 11.5. The van der Waals surface area contributed by atoms with Crippen LogP contribution >= 0.6 is 0 Å². The molecule has 7 nitrogen and oxygen atoms in total. The summed E-state index contributed by atoms with van der Waals surface area (Å²) in [6.07, 6.45) is 2.21. The van der Waals surface area contributed by atoms with Crippen LogP contribution in [0, 0.1) is 0 Å². The van der Waals surface area contributed by atoms with Crippen molar-refractivity contribution in [3.8, 4) is 0 Å². The van der Waals surface area contributed by atoms with E-state index in [2.05, 4.69) is 34.4 Å². The van der Waals surface area contributed by atoms with E-state index >= 15 is 0 Å². The van der Waals surface area contributed by atoms with Crippen molar-refractivity contribution in [3.63, 3.8) is 0 Å². The number of carbonyl (C=O) groups excluding carboxylic acids is 1. The predicted molar refractivity (Wildman–Crippen MR) is 94.9 cm³/mol. The van der Waals surface area contributed by atoms with Crippen LogP contribution in [-0.2, 0) is 6.54 Å². The molecule has 0 atom stereocenters. The smallest absolute Gasteiger partial charge is 0.284 e. The highest BCUT2D eigenvalue weighted by molar-refractivity contribution is 5.89. The van der Waals surface area contributed by atoms with E-state index in [1.165, 1.54) is 0 Å². The Balaban J connectivity index is 1.90. The Bertz CT molecular complexity index is 559. The molecule has 0 spiro atoms. The van der Waals surface area contributed by atoms with Crippen molar-refractivity contribution in [2.45, 2.75) is 52.2 Å². The lowest BCUT2D eigenvalue weighted by Crippen LogP contribution is -2.49. The molecule has 2 heterocycles. The quantitative estimate of drug-likeness (QED) is 0.538. The number of hydrogen-bond donors (Lipinski definition) is 3. The van der Waals surface area contributed by atoms with Crippen LogP contribution in [0.4, 0.5) is 0 Å². The normalized spacial score (nSPS) is 17.2. The highest BCUT2D eigenvalue weighted by Gasteiger charge is 2.21. The van der Waals surface area contributed by atoms with Gasteiger partial charge in [-0.3, -0.25) is 4.79 Å². The fourth-order valence-corrected chi connectivity index (χ4v) is 2.83. The Morgan fingerprint density at radius 1 is 1.42 bits per heavy atom. The van der Waals surface area contributed by atoms with E-state index in [0.717, 1.165) is 38.4 Å². The number of piperidine rings is 1. The number of rotatable bonds is 6. The number of aliphatic imine (C=N–C) groups is 1. The summed E-state index contributed by atoms with van der Waals surface area (Å²) >= 11 is 0. The van der Waals surface area contributed by atoms with E-state index in [1.807, 2.05) is 6.92 Å². The molecule has 0 unspecified atom stereocenters. The Hall–Kier alpha value is -2.02. The summed E-state index contributed by atoms with van der Waals surface area (Å²) in [5.74, 6) is 1.000. The monoisotopic (exact) mass is 335 g/mol. The predicted octanol–water partition coefficient (Wildman–Crippen LogP) is 1.31. The van der Waals surface area contributed by atoms with Crippen LogP contribution in [0.3, 0.4) is 0 Å². The van der Waals surface area contributed by atoms with Crippen LogP contribution in [0.15, 0.2) is 21.5 Å². The molecule has 1 aromatic heterocycles. The Morgan fingerprint density at radius 2 is 2.12 bits per heavy atom. The van der Waals surface area contributed by atoms with Gasteiger partial charge in [-0.15, -0.1) is 0 Å². The van der Waals surface area contributed by atoms with Crippen molar-refractivity contribution in [3.05, 3.63) is 23.7 Å². The second-order valence-electron chi connectivity index (χ2n) is 6.37. The summed E-state index contributed by atoms with van der Waals surface area (Å²) in [4.78, 5) is 18.1. The molecule has 1 saturated heterocycles. The van der Waals surface area contributed by atoms with Gasteiger partial charge in [0.1, 0.15) is 12.3 Å². The van der Waals surface area contributed by atoms with Gasteiger partial charge in [-0.2, -0.15) is 0 Å². The molecule has 1 aliphatic heterocycles. The fraction of sp³-hybridized carbons (Fsp3) is 0.647. The second-order valence-corrected chi connectivity index (χ2v) is 6.37. The lowest BCUT2D eigenvalue weighted by atomic mass is 10.0. The number of nitrogens with two attached hydrogens (primary N) is 1. The minimum absolute atomic E-state index is 0.166. The molecule has 4 N–H and O–H groups in total. The van der Waals surface area contributed by atoms with Gasteiger partial charge in [0, 0.05) is 31.7 Å². The van der Waals surface area contributed by atoms with E-state index in [1.54, 1.807) is 12.1 Å². The van der Waals surface area contributed by atoms with E-state index in [9.17, 15) is 4.79 Å². The summed E-state index contributed by atoms with van der Waals surface area (Å²) in [5, 5.41) is 6.75. The van der Waals surface area contributed by atoms with Crippen LogP contribution in [0.25, 0.3) is 0 Å². The second kappa shape index (κ2) is 8.73. The van der Waals surface area contributed by atoms with Crippen LogP contribution < -0.4 is 16.4 Å². The van der Waals surface area contributed by atoms with Crippen molar-refractivity contribution in [1.29, 1.82) is 0 Å². The number of amides is 1. The number of carbonyl (C=O) groups is 1. The molecular weight excluding hydrogens is 306 g/mol. The number of likely N-dealkylation sites (tertiary alicyclic amines) is 1. The molecule has 24 heavy (non-hydrogen) atoms. The number of furan rings is 1. The highest BCUT2D eigenvalue weighted by Crippen LogP contribution is 2.13. The standard InChI is InChI=1S/C17H29N5O2/c1-4-19-17(20-11-14-5-6-15(24-14)16(18)23)21-13-7-9-22(10-8-13)12(2)3/h5-6,12-13H,4,7-11H2,1-3H3,(H2,18,23)(H2,19,20,21). The molecule has 1 fully saturated rings. The molecule has 0 saturated carbocycles. The van der Waals surface area contributed by atoms with Gasteiger partial charge in [0.05, 0.1) is 0 Å². The molecule has 0 bridgehead atoms. The van der Waals surface area contributed by atoms with Gasteiger partial charge in [-0.1, -0.05) is 0 Å². The zero-order valence-electron chi connectivity index (χ0n) is 14.8. The molecule has 7 heteroatoms. The molecule has 1 aromatic rings. The number of nitrogens with zero attached hydrogens (tertiary/aromatic N) is 2. The SMILES string of the molecule is CCNC(=NCc1ccc(C(N)=O)o1)NC1CCN(C(C)C)CC1. The highest BCUT2D eigenvalue weighted by atomic mass is 16.3. The maximum absolute atomic E-state index is 11.1. The molecule has 0 aromatic carbocycles. The van der Waals surface area contributed by atoms with Gasteiger partial charge in [0.2, 0.25) is 0 Å².